The Labute approximate surface area is 108 Å². The van der Waals surface area contributed by atoms with Gasteiger partial charge < -0.3 is 10.2 Å². The number of hydrogen-bond donors (Lipinski definition) is 2. The van der Waals surface area contributed by atoms with E-state index in [-0.39, 0.29) is 9.81 Å². The Bertz CT molecular complexity index is 421. The van der Waals surface area contributed by atoms with Crippen LogP contribution in [0.4, 0.5) is 0 Å². The normalized spacial score (nSPS) is 24.2. The first-order chi connectivity index (χ1) is 7.58. The van der Waals surface area contributed by atoms with Crippen molar-refractivity contribution in [1.82, 2.24) is 0 Å². The van der Waals surface area contributed by atoms with Crippen LogP contribution in [0.5, 0.6) is 0 Å². The number of aliphatic carboxylic acids is 2. The standard InChI is InChI=1S/C8H4O4S4/c9-5(10)3-1-13-7(15-3)8-14-2-4(16-8)6(11)12/h1-2H,(H,9,10)(H,11,12). The van der Waals surface area contributed by atoms with E-state index in [9.17, 15) is 9.59 Å². The molecule has 2 rings (SSSR count). The third-order valence-electron chi connectivity index (χ3n) is 1.54. The third-order valence-corrected chi connectivity index (χ3v) is 6.78. The van der Waals surface area contributed by atoms with Gasteiger partial charge in [0.05, 0.1) is 8.47 Å². The Morgan fingerprint density at radius 2 is 1.25 bits per heavy atom. The molecular formula is C8H4O4S4. The molecule has 0 aromatic carbocycles. The van der Waals surface area contributed by atoms with Gasteiger partial charge in [0.1, 0.15) is 9.81 Å². The molecule has 4 nitrogen and oxygen atoms in total. The summed E-state index contributed by atoms with van der Waals surface area (Å²) in [5.41, 5.74) is 0. The van der Waals surface area contributed by atoms with Crippen LogP contribution in [0.3, 0.4) is 0 Å². The van der Waals surface area contributed by atoms with Gasteiger partial charge in [-0.05, 0) is 10.8 Å². The van der Waals surface area contributed by atoms with Crippen LogP contribution in [-0.4, -0.2) is 22.2 Å². The van der Waals surface area contributed by atoms with Crippen LogP contribution < -0.4 is 0 Å². The van der Waals surface area contributed by atoms with E-state index < -0.39 is 11.9 Å². The van der Waals surface area contributed by atoms with Crippen molar-refractivity contribution in [3.8, 4) is 0 Å². The average molecular weight is 292 g/mol. The molecule has 0 saturated carbocycles. The van der Waals surface area contributed by atoms with Gasteiger partial charge in [-0.3, -0.25) is 0 Å². The van der Waals surface area contributed by atoms with Crippen molar-refractivity contribution in [3.05, 3.63) is 29.1 Å². The van der Waals surface area contributed by atoms with Crippen molar-refractivity contribution in [1.29, 1.82) is 0 Å². The SMILES string of the molecule is O=C(O)C1=CSC(=C2SC=C(C(=O)O)S2)S1. The molecule has 0 unspecified atom stereocenters. The highest BCUT2D eigenvalue weighted by atomic mass is 32.2. The Balaban J connectivity index is 2.07. The predicted molar refractivity (Wildman–Crippen MR) is 68.8 cm³/mol. The van der Waals surface area contributed by atoms with Gasteiger partial charge in [-0.1, -0.05) is 47.0 Å². The lowest BCUT2D eigenvalue weighted by molar-refractivity contribution is -0.132. The van der Waals surface area contributed by atoms with E-state index in [0.717, 1.165) is 8.47 Å². The van der Waals surface area contributed by atoms with Crippen LogP contribution in [0.1, 0.15) is 0 Å². The van der Waals surface area contributed by atoms with Crippen molar-refractivity contribution in [2.45, 2.75) is 0 Å². The minimum atomic E-state index is -0.951. The van der Waals surface area contributed by atoms with Crippen LogP contribution in [-0.2, 0) is 9.59 Å². The molecule has 0 radical (unpaired) electrons. The highest BCUT2D eigenvalue weighted by Gasteiger charge is 2.26. The molecule has 2 N–H and O–H groups in total. The van der Waals surface area contributed by atoms with Crippen LogP contribution in [0, 0.1) is 0 Å². The molecule has 0 saturated heterocycles. The smallest absolute Gasteiger partial charge is 0.343 e. The number of thioether (sulfide) groups is 4. The molecule has 0 atom stereocenters. The van der Waals surface area contributed by atoms with Gasteiger partial charge in [0, 0.05) is 0 Å². The van der Waals surface area contributed by atoms with Crippen LogP contribution >= 0.6 is 47.0 Å². The van der Waals surface area contributed by atoms with Crippen LogP contribution in [0.25, 0.3) is 0 Å². The molecule has 16 heavy (non-hydrogen) atoms. The summed E-state index contributed by atoms with van der Waals surface area (Å²) in [5, 5.41) is 20.7. The molecule has 0 aromatic rings. The first kappa shape index (κ1) is 12.0. The summed E-state index contributed by atoms with van der Waals surface area (Å²) >= 11 is 4.98. The summed E-state index contributed by atoms with van der Waals surface area (Å²) in [6.07, 6.45) is 0. The summed E-state index contributed by atoms with van der Waals surface area (Å²) in [5.74, 6) is -1.90. The number of hydrogen-bond acceptors (Lipinski definition) is 6. The summed E-state index contributed by atoms with van der Waals surface area (Å²) in [6, 6.07) is 0. The summed E-state index contributed by atoms with van der Waals surface area (Å²) in [4.78, 5) is 21.9. The molecule has 0 bridgehead atoms. The Morgan fingerprint density at radius 1 is 0.875 bits per heavy atom. The van der Waals surface area contributed by atoms with Gasteiger partial charge >= 0.3 is 11.9 Å². The summed E-state index contributed by atoms with van der Waals surface area (Å²) < 4.78 is 1.67. The molecule has 84 valence electrons. The monoisotopic (exact) mass is 292 g/mol. The Hall–Kier alpha value is -0.440. The predicted octanol–water partition coefficient (Wildman–Crippen LogP) is 2.93. The highest BCUT2D eigenvalue weighted by molar-refractivity contribution is 8.34. The second kappa shape index (κ2) is 4.82. The van der Waals surface area contributed by atoms with E-state index in [1.807, 2.05) is 0 Å². The van der Waals surface area contributed by atoms with Gasteiger partial charge in [0.25, 0.3) is 0 Å². The van der Waals surface area contributed by atoms with E-state index in [1.54, 1.807) is 10.8 Å². The number of rotatable bonds is 2. The molecule has 2 aliphatic rings. The summed E-state index contributed by atoms with van der Waals surface area (Å²) in [7, 11) is 0. The van der Waals surface area contributed by atoms with Gasteiger partial charge in [-0.25, -0.2) is 9.59 Å². The number of carboxylic acid groups (broad SMARTS) is 2. The quantitative estimate of drug-likeness (QED) is 0.804. The molecule has 0 amide bonds. The van der Waals surface area contributed by atoms with E-state index in [1.165, 1.54) is 47.0 Å². The van der Waals surface area contributed by atoms with E-state index >= 15 is 0 Å². The Kier molecular flexibility index (Phi) is 3.63. The van der Waals surface area contributed by atoms with Gasteiger partial charge in [-0.15, -0.1) is 0 Å². The van der Waals surface area contributed by atoms with Gasteiger partial charge in [-0.2, -0.15) is 0 Å². The maximum Gasteiger partial charge on any atom is 0.343 e. The average Bonchev–Trinajstić information content (AvgIpc) is 2.86. The topological polar surface area (TPSA) is 74.6 Å². The zero-order valence-corrected chi connectivity index (χ0v) is 10.8. The molecule has 2 aliphatic heterocycles. The molecule has 0 aliphatic carbocycles. The van der Waals surface area contributed by atoms with Crippen molar-refractivity contribution >= 4 is 59.0 Å². The van der Waals surface area contributed by atoms with Gasteiger partial charge in [0.2, 0.25) is 0 Å². The lowest BCUT2D eigenvalue weighted by atomic mass is 10.7. The molecular weight excluding hydrogens is 288 g/mol. The molecule has 0 fully saturated rings. The van der Waals surface area contributed by atoms with Crippen LogP contribution in [0.2, 0.25) is 0 Å². The maximum absolute atomic E-state index is 10.7. The van der Waals surface area contributed by atoms with Crippen molar-refractivity contribution < 1.29 is 19.8 Å². The van der Waals surface area contributed by atoms with Crippen molar-refractivity contribution in [3.63, 3.8) is 0 Å². The van der Waals surface area contributed by atoms with Crippen LogP contribution in [0.15, 0.2) is 29.1 Å². The third kappa shape index (κ3) is 2.45. The molecule has 0 aromatic heterocycles. The largest absolute Gasteiger partial charge is 0.477 e. The van der Waals surface area contributed by atoms with E-state index in [2.05, 4.69) is 0 Å². The maximum atomic E-state index is 10.7. The lowest BCUT2D eigenvalue weighted by Crippen LogP contribution is -1.93. The fourth-order valence-electron chi connectivity index (χ4n) is 0.878. The van der Waals surface area contributed by atoms with E-state index in [0.29, 0.717) is 0 Å². The second-order valence-electron chi connectivity index (χ2n) is 2.59. The molecule has 0 spiro atoms. The fraction of sp³-hybridized carbons (Fsp3) is 0. The van der Waals surface area contributed by atoms with Crippen molar-refractivity contribution in [2.24, 2.45) is 0 Å². The Morgan fingerprint density at radius 3 is 1.50 bits per heavy atom. The van der Waals surface area contributed by atoms with E-state index in [4.69, 9.17) is 10.2 Å². The first-order valence-corrected chi connectivity index (χ1v) is 7.27. The summed E-state index contributed by atoms with van der Waals surface area (Å²) in [6.45, 7) is 0. The lowest BCUT2D eigenvalue weighted by Gasteiger charge is -2.00. The molecule has 8 heteroatoms. The fourth-order valence-corrected chi connectivity index (χ4v) is 5.40. The zero-order chi connectivity index (χ0) is 11.7. The zero-order valence-electron chi connectivity index (χ0n) is 7.50. The number of carboxylic acids is 2. The highest BCUT2D eigenvalue weighted by Crippen LogP contribution is 2.55. The first-order valence-electron chi connectivity index (χ1n) is 3.88. The minimum absolute atomic E-state index is 0.275. The van der Waals surface area contributed by atoms with Crippen molar-refractivity contribution in [2.75, 3.05) is 0 Å². The number of carbonyl (C=O) groups is 2. The van der Waals surface area contributed by atoms with Gasteiger partial charge in [0.15, 0.2) is 0 Å². The molecule has 2 heterocycles. The second-order valence-corrected chi connectivity index (χ2v) is 6.97. The minimum Gasteiger partial charge on any atom is -0.477 e.